The second-order valence-electron chi connectivity index (χ2n) is 3.23. The van der Waals surface area contributed by atoms with E-state index in [-0.39, 0.29) is 0 Å². The highest BCUT2D eigenvalue weighted by molar-refractivity contribution is 5.53. The van der Waals surface area contributed by atoms with Crippen LogP contribution in [0, 0.1) is 0 Å². The van der Waals surface area contributed by atoms with Gasteiger partial charge >= 0.3 is 0 Å². The predicted octanol–water partition coefficient (Wildman–Crippen LogP) is 2.36. The summed E-state index contributed by atoms with van der Waals surface area (Å²) in [4.78, 5) is 6.55. The highest BCUT2D eigenvalue weighted by Crippen LogP contribution is 2.16. The van der Waals surface area contributed by atoms with Crippen molar-refractivity contribution in [2.24, 2.45) is 0 Å². The number of pyridine rings is 1. The Morgan fingerprint density at radius 3 is 2.79 bits per heavy atom. The number of nitrogens with zero attached hydrogens (tertiary/aromatic N) is 2. The van der Waals surface area contributed by atoms with Crippen LogP contribution in [0.4, 0.5) is 11.5 Å². The van der Waals surface area contributed by atoms with Crippen molar-refractivity contribution in [3.05, 3.63) is 18.3 Å². The van der Waals surface area contributed by atoms with E-state index in [0.717, 1.165) is 18.9 Å². The number of rotatable bonds is 5. The van der Waals surface area contributed by atoms with Crippen molar-refractivity contribution in [1.29, 1.82) is 0 Å². The minimum absolute atomic E-state index is 0.928. The summed E-state index contributed by atoms with van der Waals surface area (Å²) in [5, 5.41) is 3.05. The average molecular weight is 193 g/mol. The first-order chi connectivity index (χ1) is 6.81. The number of hydrogen-bond acceptors (Lipinski definition) is 3. The summed E-state index contributed by atoms with van der Waals surface area (Å²) in [6.07, 6.45) is 3.02. The predicted molar refractivity (Wildman–Crippen MR) is 62.0 cm³/mol. The maximum Gasteiger partial charge on any atom is 0.127 e. The largest absolute Gasteiger partial charge is 0.373 e. The second kappa shape index (κ2) is 5.47. The molecule has 0 bridgehead atoms. The van der Waals surface area contributed by atoms with Gasteiger partial charge in [0, 0.05) is 38.1 Å². The van der Waals surface area contributed by atoms with Gasteiger partial charge < -0.3 is 10.2 Å². The molecule has 0 saturated heterocycles. The molecule has 0 unspecified atom stereocenters. The normalized spacial score (nSPS) is 9.93. The SMILES string of the molecule is CCCN(CC)c1ccnc(NC)c1. The third-order valence-corrected chi connectivity index (χ3v) is 2.24. The van der Waals surface area contributed by atoms with Crippen molar-refractivity contribution >= 4 is 11.5 Å². The van der Waals surface area contributed by atoms with E-state index in [2.05, 4.69) is 41.2 Å². The van der Waals surface area contributed by atoms with Crippen LogP contribution < -0.4 is 10.2 Å². The molecular weight excluding hydrogens is 174 g/mol. The molecule has 0 aromatic carbocycles. The molecule has 0 atom stereocenters. The van der Waals surface area contributed by atoms with Crippen molar-refractivity contribution in [2.45, 2.75) is 20.3 Å². The van der Waals surface area contributed by atoms with Crippen molar-refractivity contribution in [3.8, 4) is 0 Å². The van der Waals surface area contributed by atoms with Gasteiger partial charge in [-0.2, -0.15) is 0 Å². The zero-order valence-electron chi connectivity index (χ0n) is 9.25. The molecule has 0 spiro atoms. The summed E-state index contributed by atoms with van der Waals surface area (Å²) in [5.74, 6) is 0.928. The van der Waals surface area contributed by atoms with Crippen LogP contribution in [0.25, 0.3) is 0 Å². The van der Waals surface area contributed by atoms with Gasteiger partial charge in [-0.15, -0.1) is 0 Å². The van der Waals surface area contributed by atoms with Crippen LogP contribution in [0.5, 0.6) is 0 Å². The van der Waals surface area contributed by atoms with Gasteiger partial charge in [0.05, 0.1) is 0 Å². The number of nitrogens with one attached hydrogen (secondary N) is 1. The molecule has 1 rings (SSSR count). The number of hydrogen-bond donors (Lipinski definition) is 1. The third kappa shape index (κ3) is 2.62. The Hall–Kier alpha value is -1.25. The first-order valence-electron chi connectivity index (χ1n) is 5.20. The van der Waals surface area contributed by atoms with Gasteiger partial charge in [0.15, 0.2) is 0 Å². The van der Waals surface area contributed by atoms with E-state index in [1.54, 1.807) is 0 Å². The third-order valence-electron chi connectivity index (χ3n) is 2.24. The molecule has 3 nitrogen and oxygen atoms in total. The topological polar surface area (TPSA) is 28.2 Å². The molecule has 0 aliphatic rings. The highest BCUT2D eigenvalue weighted by Gasteiger charge is 2.03. The Morgan fingerprint density at radius 2 is 2.21 bits per heavy atom. The summed E-state index contributed by atoms with van der Waals surface area (Å²) >= 11 is 0. The van der Waals surface area contributed by atoms with Gasteiger partial charge in [0.25, 0.3) is 0 Å². The van der Waals surface area contributed by atoms with E-state index in [0.29, 0.717) is 0 Å². The lowest BCUT2D eigenvalue weighted by Crippen LogP contribution is -2.23. The molecule has 1 aromatic heterocycles. The van der Waals surface area contributed by atoms with Gasteiger partial charge in [-0.05, 0) is 19.4 Å². The van der Waals surface area contributed by atoms with E-state index in [1.807, 2.05) is 13.2 Å². The van der Waals surface area contributed by atoms with Crippen molar-refractivity contribution in [1.82, 2.24) is 4.98 Å². The van der Waals surface area contributed by atoms with Gasteiger partial charge in [0.1, 0.15) is 5.82 Å². The van der Waals surface area contributed by atoms with Crippen LogP contribution in [0.15, 0.2) is 18.3 Å². The number of anilines is 2. The standard InChI is InChI=1S/C11H19N3/c1-4-8-14(5-2)10-6-7-13-11(9-10)12-3/h6-7,9H,4-5,8H2,1-3H3,(H,12,13). The summed E-state index contributed by atoms with van der Waals surface area (Å²) in [7, 11) is 1.89. The van der Waals surface area contributed by atoms with E-state index in [4.69, 9.17) is 0 Å². The maximum absolute atomic E-state index is 4.20. The van der Waals surface area contributed by atoms with Crippen molar-refractivity contribution < 1.29 is 0 Å². The molecule has 1 N–H and O–H groups in total. The van der Waals surface area contributed by atoms with Gasteiger partial charge in [-0.25, -0.2) is 4.98 Å². The molecule has 1 heterocycles. The first-order valence-corrected chi connectivity index (χ1v) is 5.20. The van der Waals surface area contributed by atoms with Crippen molar-refractivity contribution in [3.63, 3.8) is 0 Å². The molecule has 0 saturated carbocycles. The van der Waals surface area contributed by atoms with E-state index >= 15 is 0 Å². The van der Waals surface area contributed by atoms with Crippen LogP contribution in [-0.4, -0.2) is 25.1 Å². The minimum Gasteiger partial charge on any atom is -0.373 e. The molecule has 3 heteroatoms. The Morgan fingerprint density at radius 1 is 1.43 bits per heavy atom. The number of aromatic nitrogens is 1. The van der Waals surface area contributed by atoms with Gasteiger partial charge in [-0.1, -0.05) is 6.92 Å². The van der Waals surface area contributed by atoms with E-state index in [9.17, 15) is 0 Å². The smallest absolute Gasteiger partial charge is 0.127 e. The Balaban J connectivity index is 2.80. The van der Waals surface area contributed by atoms with Gasteiger partial charge in [-0.3, -0.25) is 0 Å². The molecule has 78 valence electrons. The maximum atomic E-state index is 4.20. The lowest BCUT2D eigenvalue weighted by Gasteiger charge is -2.22. The zero-order valence-corrected chi connectivity index (χ0v) is 9.25. The fourth-order valence-corrected chi connectivity index (χ4v) is 1.49. The first kappa shape index (κ1) is 10.8. The fraction of sp³-hybridized carbons (Fsp3) is 0.545. The monoisotopic (exact) mass is 193 g/mol. The zero-order chi connectivity index (χ0) is 10.4. The van der Waals surface area contributed by atoms with Crippen LogP contribution in [0.1, 0.15) is 20.3 Å². The van der Waals surface area contributed by atoms with Crippen LogP contribution >= 0.6 is 0 Å². The van der Waals surface area contributed by atoms with Crippen LogP contribution in [0.3, 0.4) is 0 Å². The van der Waals surface area contributed by atoms with Crippen molar-refractivity contribution in [2.75, 3.05) is 30.4 Å². The Kier molecular flexibility index (Phi) is 4.23. The molecular formula is C11H19N3. The molecule has 0 radical (unpaired) electrons. The lowest BCUT2D eigenvalue weighted by molar-refractivity contribution is 0.791. The second-order valence-corrected chi connectivity index (χ2v) is 3.23. The fourth-order valence-electron chi connectivity index (χ4n) is 1.49. The van der Waals surface area contributed by atoms with Crippen LogP contribution in [0.2, 0.25) is 0 Å². The Bertz CT molecular complexity index is 273. The summed E-state index contributed by atoms with van der Waals surface area (Å²) in [5.41, 5.74) is 1.24. The lowest BCUT2D eigenvalue weighted by atomic mass is 10.3. The Labute approximate surface area is 86.2 Å². The van der Waals surface area contributed by atoms with Crippen LogP contribution in [-0.2, 0) is 0 Å². The van der Waals surface area contributed by atoms with E-state index < -0.39 is 0 Å². The average Bonchev–Trinajstić information content (AvgIpc) is 2.26. The minimum atomic E-state index is 0.928. The molecule has 1 aromatic rings. The summed E-state index contributed by atoms with van der Waals surface area (Å²) in [6.45, 7) is 6.52. The molecule has 0 fully saturated rings. The quantitative estimate of drug-likeness (QED) is 0.778. The molecule has 0 aliphatic heterocycles. The highest BCUT2D eigenvalue weighted by atomic mass is 15.1. The molecule has 0 amide bonds. The summed E-state index contributed by atoms with van der Waals surface area (Å²) < 4.78 is 0. The van der Waals surface area contributed by atoms with E-state index in [1.165, 1.54) is 12.1 Å². The molecule has 14 heavy (non-hydrogen) atoms. The summed E-state index contributed by atoms with van der Waals surface area (Å²) in [6, 6.07) is 4.14. The van der Waals surface area contributed by atoms with Gasteiger partial charge in [0.2, 0.25) is 0 Å². The molecule has 0 aliphatic carbocycles.